The largest absolute Gasteiger partial charge is 0.443 e. The van der Waals surface area contributed by atoms with Gasteiger partial charge in [0.2, 0.25) is 0 Å². The number of benzene rings is 2. The summed E-state index contributed by atoms with van der Waals surface area (Å²) in [6.45, 7) is 18.7. The van der Waals surface area contributed by atoms with E-state index in [1.807, 2.05) is 39.1 Å². The van der Waals surface area contributed by atoms with Crippen molar-refractivity contribution in [2.75, 3.05) is 31.3 Å². The van der Waals surface area contributed by atoms with Crippen molar-refractivity contribution in [2.24, 2.45) is 5.92 Å². The maximum absolute atomic E-state index is 13.5. The Morgan fingerprint density at radius 1 is 0.644 bits per heavy atom. The lowest BCUT2D eigenvalue weighted by molar-refractivity contribution is -0.138. The van der Waals surface area contributed by atoms with E-state index in [-0.39, 0.29) is 18.2 Å². The smallest absolute Gasteiger partial charge is 0.416 e. The molecule has 0 saturated carbocycles. The van der Waals surface area contributed by atoms with Gasteiger partial charge in [-0.15, -0.1) is 0 Å². The van der Waals surface area contributed by atoms with Gasteiger partial charge in [-0.1, -0.05) is 29.3 Å². The third-order valence-electron chi connectivity index (χ3n) is 13.4. The zero-order valence-electron chi connectivity index (χ0n) is 42.8. The lowest BCUT2D eigenvalue weighted by Gasteiger charge is -2.36. The van der Waals surface area contributed by atoms with Crippen molar-refractivity contribution in [2.45, 2.75) is 156 Å². The van der Waals surface area contributed by atoms with Crippen molar-refractivity contribution < 1.29 is 64.4 Å². The predicted molar refractivity (Wildman–Crippen MR) is 259 cm³/mol. The third kappa shape index (κ3) is 13.6. The molecule has 4 aliphatic heterocycles. The maximum atomic E-state index is 13.5. The molecule has 4 saturated heterocycles. The molecular formula is C54H65F6N5O8. The molecule has 396 valence electrons. The van der Waals surface area contributed by atoms with Gasteiger partial charge in [0.25, 0.3) is 0 Å². The minimum atomic E-state index is -4.52. The number of aryl methyl sites for hydroxylation is 4. The summed E-state index contributed by atoms with van der Waals surface area (Å²) < 4.78 is 108. The summed E-state index contributed by atoms with van der Waals surface area (Å²) in [6.07, 6.45) is -4.95. The quantitative estimate of drug-likeness (QED) is 0.112. The summed E-state index contributed by atoms with van der Waals surface area (Å²) in [5, 5.41) is 0. The SMILES string of the molecule is Cc1cc([C@H]2OC(=O)N(Cc3cc(C)cnc3CC3CCOCC3)[C@H]2C)cc(C(F)(F)F)c1.Cc1cc([C@H]2OC(=O)N(Cc3cc(C)cnc3N(C(=O)OC(C)(C)C)C3CCOCC3)[C@H]2C)cc(C(F)(F)F)c1. The maximum Gasteiger partial charge on any atom is 0.416 e. The number of cyclic esters (lactones) is 2. The monoisotopic (exact) mass is 1030 g/mol. The van der Waals surface area contributed by atoms with Crippen molar-refractivity contribution in [3.05, 3.63) is 122 Å². The normalized spacial score (nSPS) is 21.1. The minimum Gasteiger partial charge on any atom is -0.443 e. The molecule has 3 amide bonds. The van der Waals surface area contributed by atoms with Crippen molar-refractivity contribution in [3.8, 4) is 0 Å². The predicted octanol–water partition coefficient (Wildman–Crippen LogP) is 12.5. The second kappa shape index (κ2) is 22.3. The number of halogens is 6. The fraction of sp³-hybridized carbons (Fsp3) is 0.537. The number of anilines is 1. The van der Waals surface area contributed by atoms with E-state index in [2.05, 4.69) is 9.97 Å². The van der Waals surface area contributed by atoms with Gasteiger partial charge in [-0.25, -0.2) is 19.4 Å². The van der Waals surface area contributed by atoms with E-state index in [1.165, 1.54) is 4.90 Å². The summed E-state index contributed by atoms with van der Waals surface area (Å²) >= 11 is 0. The molecule has 0 bridgehead atoms. The minimum absolute atomic E-state index is 0.0426. The fourth-order valence-corrected chi connectivity index (χ4v) is 9.79. The lowest BCUT2D eigenvalue weighted by Crippen LogP contribution is -2.47. The Labute approximate surface area is 422 Å². The number of pyridine rings is 2. The van der Waals surface area contributed by atoms with Crippen molar-refractivity contribution in [1.29, 1.82) is 0 Å². The van der Waals surface area contributed by atoms with Crippen LogP contribution in [0.5, 0.6) is 0 Å². The molecule has 13 nitrogen and oxygen atoms in total. The number of hydrogen-bond donors (Lipinski definition) is 0. The first-order valence-corrected chi connectivity index (χ1v) is 24.7. The van der Waals surface area contributed by atoms with Crippen LogP contribution in [-0.2, 0) is 55.5 Å². The molecule has 0 spiro atoms. The Morgan fingerprint density at radius 2 is 1.10 bits per heavy atom. The van der Waals surface area contributed by atoms with Crippen LogP contribution in [0, 0.1) is 33.6 Å². The number of nitrogens with zero attached hydrogens (tertiary/aromatic N) is 5. The van der Waals surface area contributed by atoms with E-state index >= 15 is 0 Å². The highest BCUT2D eigenvalue weighted by molar-refractivity contribution is 5.88. The molecule has 4 atom stereocenters. The molecule has 0 unspecified atom stereocenters. The average molecular weight is 1030 g/mol. The highest BCUT2D eigenvalue weighted by Crippen LogP contribution is 2.41. The van der Waals surface area contributed by atoms with Crippen LogP contribution < -0.4 is 4.90 Å². The summed E-state index contributed by atoms with van der Waals surface area (Å²) in [5.74, 6) is 0.849. The van der Waals surface area contributed by atoms with Crippen LogP contribution in [0.2, 0.25) is 0 Å². The molecular weight excluding hydrogens is 961 g/mol. The molecule has 0 aliphatic carbocycles. The van der Waals surface area contributed by atoms with E-state index in [4.69, 9.17) is 23.7 Å². The standard InChI is InChI=1S/C29H36F3N3O5.C25H29F3N2O3/c1-17-11-20(14-22(13-17)29(30,31)32)24-19(3)34(26(36)39-24)16-21-12-18(2)15-33-25(21)35(23-7-9-38-10-8-23)27(37)40-28(4,5)6;1-15-8-19(12-21(10-15)25(26,27)28)23-17(3)30(24(31)33-23)14-20-9-16(2)13-29-22(20)11-18-4-6-32-7-5-18/h11-15,19,23-24H,7-10,16H2,1-6H3;8-10,12-13,17-18,23H,4-7,11,14H2,1-3H3/t19-,24-;17-,23-/m00/s1. The van der Waals surface area contributed by atoms with E-state index < -0.39 is 71.7 Å². The zero-order chi connectivity index (χ0) is 53.2. The summed E-state index contributed by atoms with van der Waals surface area (Å²) in [4.78, 5) is 53.1. The van der Waals surface area contributed by atoms with Crippen molar-refractivity contribution in [1.82, 2.24) is 19.8 Å². The lowest BCUT2D eigenvalue weighted by atomic mass is 9.92. The van der Waals surface area contributed by atoms with Gasteiger partial charge in [-0.3, -0.25) is 19.7 Å². The van der Waals surface area contributed by atoms with E-state index in [0.29, 0.717) is 66.6 Å². The van der Waals surface area contributed by atoms with E-state index in [1.54, 1.807) is 69.7 Å². The van der Waals surface area contributed by atoms with Crippen molar-refractivity contribution in [3.63, 3.8) is 0 Å². The Kier molecular flexibility index (Phi) is 16.7. The van der Waals surface area contributed by atoms with Gasteiger partial charge in [0.05, 0.1) is 36.3 Å². The highest BCUT2D eigenvalue weighted by Gasteiger charge is 2.44. The van der Waals surface area contributed by atoms with Crippen molar-refractivity contribution >= 4 is 24.1 Å². The first kappa shape index (κ1) is 54.8. The molecule has 19 heteroatoms. The van der Waals surface area contributed by atoms with Gasteiger partial charge in [-0.2, -0.15) is 26.3 Å². The van der Waals surface area contributed by atoms with Crippen LogP contribution in [0.4, 0.5) is 46.5 Å². The molecule has 6 heterocycles. The molecule has 4 aliphatic rings. The van der Waals surface area contributed by atoms with Gasteiger partial charge in [0.1, 0.15) is 23.6 Å². The summed E-state index contributed by atoms with van der Waals surface area (Å²) in [5.41, 5.74) is 3.56. The second-order valence-corrected chi connectivity index (χ2v) is 20.7. The molecule has 4 fully saturated rings. The van der Waals surface area contributed by atoms with Gasteiger partial charge >= 0.3 is 30.6 Å². The summed E-state index contributed by atoms with van der Waals surface area (Å²) in [6, 6.07) is 10.2. The number of carbonyl (C=O) groups excluding carboxylic acids is 3. The molecule has 0 N–H and O–H groups in total. The van der Waals surface area contributed by atoms with Crippen LogP contribution in [0.1, 0.15) is 134 Å². The second-order valence-electron chi connectivity index (χ2n) is 20.7. The third-order valence-corrected chi connectivity index (χ3v) is 13.4. The van der Waals surface area contributed by atoms with Crippen LogP contribution in [0.3, 0.4) is 0 Å². The molecule has 2 aromatic carbocycles. The fourth-order valence-electron chi connectivity index (χ4n) is 9.79. The molecule has 2 aromatic heterocycles. The van der Waals surface area contributed by atoms with Gasteiger partial charge in [0, 0.05) is 56.1 Å². The van der Waals surface area contributed by atoms with Crippen LogP contribution in [0.25, 0.3) is 0 Å². The van der Waals surface area contributed by atoms with E-state index in [9.17, 15) is 40.7 Å². The first-order chi connectivity index (χ1) is 34.2. The number of rotatable bonds is 10. The highest BCUT2D eigenvalue weighted by atomic mass is 19.4. The number of amides is 3. The van der Waals surface area contributed by atoms with Crippen LogP contribution >= 0.6 is 0 Å². The van der Waals surface area contributed by atoms with Crippen LogP contribution in [0.15, 0.2) is 60.9 Å². The van der Waals surface area contributed by atoms with Gasteiger partial charge in [-0.05, 0) is 158 Å². The number of aromatic nitrogens is 2. The average Bonchev–Trinajstić information content (AvgIpc) is 3.75. The van der Waals surface area contributed by atoms with Crippen LogP contribution in [-0.4, -0.2) is 88.2 Å². The van der Waals surface area contributed by atoms with E-state index in [0.717, 1.165) is 79.1 Å². The number of alkyl halides is 6. The Bertz CT molecular complexity index is 2630. The molecule has 0 radical (unpaired) electrons. The molecule has 73 heavy (non-hydrogen) atoms. The van der Waals surface area contributed by atoms with Gasteiger partial charge in [0.15, 0.2) is 0 Å². The Morgan fingerprint density at radius 3 is 1.58 bits per heavy atom. The molecule has 8 rings (SSSR count). The molecule has 4 aromatic rings. The topological polar surface area (TPSA) is 133 Å². The number of ether oxygens (including phenoxy) is 5. The number of hydrogen-bond acceptors (Lipinski definition) is 10. The van der Waals surface area contributed by atoms with Gasteiger partial charge < -0.3 is 23.7 Å². The first-order valence-electron chi connectivity index (χ1n) is 24.7. The number of carbonyl (C=O) groups is 3. The Hall–Kier alpha value is -5.95. The summed E-state index contributed by atoms with van der Waals surface area (Å²) in [7, 11) is 0. The zero-order valence-corrected chi connectivity index (χ0v) is 42.8. The Balaban J connectivity index is 0.000000218.